The van der Waals surface area contributed by atoms with Crippen molar-refractivity contribution in [3.8, 4) is 11.5 Å². The number of hydrogen-bond donors (Lipinski definition) is 3. The Kier molecular flexibility index (Phi) is 3.45. The van der Waals surface area contributed by atoms with Crippen LogP contribution in [0.15, 0.2) is 18.2 Å². The molecule has 1 aliphatic rings. The average molecular weight is 249 g/mol. The highest BCUT2D eigenvalue weighted by Gasteiger charge is 2.41. The molecule has 0 unspecified atom stereocenters. The number of phenolic OH excluding ortho intramolecular Hbond substituents is 2. The predicted octanol–water partition coefficient (Wildman–Crippen LogP) is 2.41. The van der Waals surface area contributed by atoms with Crippen LogP contribution in [0.3, 0.4) is 0 Å². The van der Waals surface area contributed by atoms with Crippen LogP contribution in [0.5, 0.6) is 11.5 Å². The summed E-state index contributed by atoms with van der Waals surface area (Å²) in [5.41, 5.74) is 0.682. The van der Waals surface area contributed by atoms with E-state index in [4.69, 9.17) is 0 Å². The first-order valence-corrected chi connectivity index (χ1v) is 6.36. The average Bonchev–Trinajstić information content (AvgIpc) is 3.11. The molecular formula is C14H19NO3. The number of rotatable bonds is 5. The fraction of sp³-hybridized carbons (Fsp3) is 0.500. The van der Waals surface area contributed by atoms with Crippen LogP contribution >= 0.6 is 0 Å². The molecule has 4 nitrogen and oxygen atoms in total. The first-order valence-electron chi connectivity index (χ1n) is 6.36. The van der Waals surface area contributed by atoms with E-state index in [1.165, 1.54) is 31.0 Å². The third-order valence-electron chi connectivity index (χ3n) is 3.60. The molecule has 98 valence electrons. The number of nitrogens with one attached hydrogen (secondary N) is 1. The Labute approximate surface area is 107 Å². The molecule has 1 aliphatic carbocycles. The van der Waals surface area contributed by atoms with Gasteiger partial charge in [0.1, 0.15) is 0 Å². The standard InChI is InChI=1S/C14H19NO3/c1-2-5-14(6-7-14)9-15-13(18)10-3-4-11(16)12(17)8-10/h3-4,8,16-17H,2,5-7,9H2,1H3,(H,15,18). The zero-order chi connectivity index (χ0) is 13.2. The molecule has 0 bridgehead atoms. The lowest BCUT2D eigenvalue weighted by atomic mass is 10.0. The number of hydrogen-bond acceptors (Lipinski definition) is 3. The quantitative estimate of drug-likeness (QED) is 0.702. The number of carbonyl (C=O) groups is 1. The third kappa shape index (κ3) is 2.75. The van der Waals surface area contributed by atoms with Crippen molar-refractivity contribution < 1.29 is 15.0 Å². The highest BCUT2D eigenvalue weighted by Crippen LogP contribution is 2.48. The normalized spacial score (nSPS) is 16.3. The van der Waals surface area contributed by atoms with Crippen LogP contribution in [0.25, 0.3) is 0 Å². The minimum absolute atomic E-state index is 0.201. The van der Waals surface area contributed by atoms with Crippen molar-refractivity contribution in [2.24, 2.45) is 5.41 Å². The Morgan fingerprint density at radius 3 is 2.61 bits per heavy atom. The van der Waals surface area contributed by atoms with Gasteiger partial charge in [-0.25, -0.2) is 0 Å². The maximum absolute atomic E-state index is 11.9. The molecule has 2 rings (SSSR count). The van der Waals surface area contributed by atoms with Crippen molar-refractivity contribution in [2.75, 3.05) is 6.54 Å². The molecule has 4 heteroatoms. The molecule has 0 spiro atoms. The third-order valence-corrected chi connectivity index (χ3v) is 3.60. The van der Waals surface area contributed by atoms with Crippen molar-refractivity contribution in [3.63, 3.8) is 0 Å². The van der Waals surface area contributed by atoms with E-state index in [0.29, 0.717) is 17.5 Å². The van der Waals surface area contributed by atoms with E-state index in [9.17, 15) is 15.0 Å². The van der Waals surface area contributed by atoms with Gasteiger partial charge in [-0.2, -0.15) is 0 Å². The molecule has 1 fully saturated rings. The molecule has 1 aromatic carbocycles. The summed E-state index contributed by atoms with van der Waals surface area (Å²) in [6.45, 7) is 2.85. The molecule has 1 saturated carbocycles. The summed E-state index contributed by atoms with van der Waals surface area (Å²) < 4.78 is 0. The molecule has 1 amide bonds. The fourth-order valence-corrected chi connectivity index (χ4v) is 2.26. The van der Waals surface area contributed by atoms with E-state index < -0.39 is 0 Å². The maximum Gasteiger partial charge on any atom is 0.251 e. The zero-order valence-corrected chi connectivity index (χ0v) is 10.6. The van der Waals surface area contributed by atoms with Gasteiger partial charge in [0, 0.05) is 12.1 Å². The van der Waals surface area contributed by atoms with Gasteiger partial charge in [-0.3, -0.25) is 4.79 Å². The van der Waals surface area contributed by atoms with E-state index >= 15 is 0 Å². The highest BCUT2D eigenvalue weighted by molar-refractivity contribution is 5.94. The number of benzene rings is 1. The first kappa shape index (κ1) is 12.7. The van der Waals surface area contributed by atoms with Crippen molar-refractivity contribution in [1.82, 2.24) is 5.32 Å². The Bertz CT molecular complexity index is 452. The second kappa shape index (κ2) is 4.88. The molecule has 0 atom stereocenters. The van der Waals surface area contributed by atoms with Gasteiger partial charge in [0.05, 0.1) is 0 Å². The van der Waals surface area contributed by atoms with Gasteiger partial charge in [0.15, 0.2) is 11.5 Å². The zero-order valence-electron chi connectivity index (χ0n) is 10.6. The lowest BCUT2D eigenvalue weighted by Gasteiger charge is -2.15. The van der Waals surface area contributed by atoms with E-state index in [0.717, 1.165) is 12.8 Å². The van der Waals surface area contributed by atoms with E-state index in [2.05, 4.69) is 12.2 Å². The minimum atomic E-state index is -0.266. The molecule has 3 N–H and O–H groups in total. The van der Waals surface area contributed by atoms with Gasteiger partial charge in [0.2, 0.25) is 0 Å². The largest absolute Gasteiger partial charge is 0.504 e. The Hall–Kier alpha value is -1.71. The summed E-state index contributed by atoms with van der Waals surface area (Å²) in [5, 5.41) is 21.4. The SMILES string of the molecule is CCCC1(CNC(=O)c2ccc(O)c(O)c2)CC1. The maximum atomic E-state index is 11.9. The number of carbonyl (C=O) groups excluding carboxylic acids is 1. The second-order valence-electron chi connectivity index (χ2n) is 5.14. The van der Waals surface area contributed by atoms with Crippen molar-refractivity contribution in [2.45, 2.75) is 32.6 Å². The van der Waals surface area contributed by atoms with Crippen LogP contribution in [0.1, 0.15) is 43.0 Å². The summed E-state index contributed by atoms with van der Waals surface area (Å²) in [6.07, 6.45) is 4.65. The van der Waals surface area contributed by atoms with Crippen molar-refractivity contribution in [3.05, 3.63) is 23.8 Å². The number of amides is 1. The topological polar surface area (TPSA) is 69.6 Å². The molecule has 0 radical (unpaired) electrons. The van der Waals surface area contributed by atoms with Crippen LogP contribution < -0.4 is 5.32 Å². The van der Waals surface area contributed by atoms with Crippen molar-refractivity contribution in [1.29, 1.82) is 0 Å². The van der Waals surface area contributed by atoms with Gasteiger partial charge in [-0.05, 0) is 42.9 Å². The molecule has 0 heterocycles. The van der Waals surface area contributed by atoms with Crippen molar-refractivity contribution >= 4 is 5.91 Å². The van der Waals surface area contributed by atoms with E-state index in [1.807, 2.05) is 0 Å². The Morgan fingerprint density at radius 2 is 2.06 bits per heavy atom. The molecule has 0 aliphatic heterocycles. The monoisotopic (exact) mass is 249 g/mol. The summed E-state index contributed by atoms with van der Waals surface area (Å²) in [4.78, 5) is 11.9. The van der Waals surface area contributed by atoms with Gasteiger partial charge < -0.3 is 15.5 Å². The second-order valence-corrected chi connectivity index (χ2v) is 5.14. The van der Waals surface area contributed by atoms with Crippen LogP contribution in [0, 0.1) is 5.41 Å². The Morgan fingerprint density at radius 1 is 1.33 bits per heavy atom. The Balaban J connectivity index is 1.93. The smallest absolute Gasteiger partial charge is 0.251 e. The number of aromatic hydroxyl groups is 2. The predicted molar refractivity (Wildman–Crippen MR) is 68.7 cm³/mol. The van der Waals surface area contributed by atoms with E-state index in [-0.39, 0.29) is 17.4 Å². The lowest BCUT2D eigenvalue weighted by molar-refractivity contribution is 0.0943. The minimum Gasteiger partial charge on any atom is -0.504 e. The van der Waals surface area contributed by atoms with Crippen LogP contribution in [0.2, 0.25) is 0 Å². The lowest BCUT2D eigenvalue weighted by Crippen LogP contribution is -2.30. The van der Waals surface area contributed by atoms with Gasteiger partial charge in [-0.1, -0.05) is 13.3 Å². The van der Waals surface area contributed by atoms with Gasteiger partial charge >= 0.3 is 0 Å². The summed E-state index contributed by atoms with van der Waals surface area (Å²) in [5.74, 6) is -0.679. The van der Waals surface area contributed by atoms with Crippen LogP contribution in [-0.4, -0.2) is 22.7 Å². The molecular weight excluding hydrogens is 230 g/mol. The molecule has 18 heavy (non-hydrogen) atoms. The highest BCUT2D eigenvalue weighted by atomic mass is 16.3. The van der Waals surface area contributed by atoms with Gasteiger partial charge in [-0.15, -0.1) is 0 Å². The van der Waals surface area contributed by atoms with Gasteiger partial charge in [0.25, 0.3) is 5.91 Å². The summed E-state index contributed by atoms with van der Waals surface area (Å²) >= 11 is 0. The molecule has 0 saturated heterocycles. The summed E-state index contributed by atoms with van der Waals surface area (Å²) in [7, 11) is 0. The molecule has 1 aromatic rings. The first-order chi connectivity index (χ1) is 8.56. The summed E-state index contributed by atoms with van der Waals surface area (Å²) in [6, 6.07) is 4.11. The molecule has 0 aromatic heterocycles. The van der Waals surface area contributed by atoms with E-state index in [1.54, 1.807) is 0 Å². The number of phenols is 2. The van der Waals surface area contributed by atoms with Crippen LogP contribution in [-0.2, 0) is 0 Å². The fourth-order valence-electron chi connectivity index (χ4n) is 2.26. The van der Waals surface area contributed by atoms with Crippen LogP contribution in [0.4, 0.5) is 0 Å².